The van der Waals surface area contributed by atoms with Crippen LogP contribution in [0.3, 0.4) is 0 Å². The number of nitrogens with zero attached hydrogens (tertiary/aromatic N) is 4. The maximum Gasteiger partial charge on any atom is 1.00 e. The summed E-state index contributed by atoms with van der Waals surface area (Å²) >= 11 is 0. The van der Waals surface area contributed by atoms with Gasteiger partial charge >= 0.3 is 44.8 Å². The second-order valence-electron chi connectivity index (χ2n) is 11.5. The number of aromatic nitrogens is 2. The largest absolute Gasteiger partial charge is 1.00 e. The van der Waals surface area contributed by atoms with E-state index < -0.39 is 15.8 Å². The molecule has 0 N–H and O–H groups in total. The fourth-order valence-electron chi connectivity index (χ4n) is 4.21. The molecular formula is C37H48Au2Cl2N4O3P2. The minimum absolute atomic E-state index is 0. The van der Waals surface area contributed by atoms with Crippen molar-refractivity contribution in [2.75, 3.05) is 34.9 Å². The molecule has 0 radical (unpaired) electrons. The van der Waals surface area contributed by atoms with Crippen LogP contribution in [-0.4, -0.2) is 52.5 Å². The molecule has 0 unspecified atom stereocenters. The van der Waals surface area contributed by atoms with E-state index in [9.17, 15) is 14.4 Å². The van der Waals surface area contributed by atoms with Crippen LogP contribution < -0.4 is 45.5 Å². The van der Waals surface area contributed by atoms with Crippen LogP contribution >= 0.6 is 15.8 Å². The Morgan fingerprint density at radius 3 is 0.980 bits per heavy atom. The van der Waals surface area contributed by atoms with Crippen LogP contribution in [-0.2, 0) is 59.1 Å². The first kappa shape index (κ1) is 52.6. The molecule has 3 heterocycles. The number of carbonyl (C=O) groups excluding carboxylic acids is 3. The van der Waals surface area contributed by atoms with Crippen LogP contribution in [0.4, 0.5) is 11.4 Å². The average Bonchev–Trinajstić information content (AvgIpc) is 2.98. The summed E-state index contributed by atoms with van der Waals surface area (Å²) in [4.78, 5) is 43.1. The Hall–Kier alpha value is -1.73. The quantitative estimate of drug-likeness (QED) is 0.228. The van der Waals surface area contributed by atoms with Crippen LogP contribution in [0.2, 0.25) is 0 Å². The van der Waals surface area contributed by atoms with Crippen molar-refractivity contribution in [2.45, 2.75) is 55.4 Å². The van der Waals surface area contributed by atoms with Gasteiger partial charge in [-0.1, -0.05) is 47.5 Å². The monoisotopic (exact) mass is 1120 g/mol. The number of ketones is 3. The molecule has 4 aromatic rings. The predicted molar refractivity (Wildman–Crippen MR) is 197 cm³/mol. The summed E-state index contributed by atoms with van der Waals surface area (Å²) in [6.07, 6.45) is 7.83. The summed E-state index contributed by atoms with van der Waals surface area (Å²) in [5, 5.41) is 0. The van der Waals surface area contributed by atoms with Gasteiger partial charge in [0.15, 0.2) is 0 Å². The Morgan fingerprint density at radius 1 is 0.500 bits per heavy atom. The van der Waals surface area contributed by atoms with Crippen molar-refractivity contribution in [3.63, 3.8) is 0 Å². The Bertz CT molecular complexity index is 1360. The summed E-state index contributed by atoms with van der Waals surface area (Å²) in [6.45, 7) is 13.5. The summed E-state index contributed by atoms with van der Waals surface area (Å²) < 4.78 is 0. The zero-order chi connectivity index (χ0) is 34.1. The van der Waals surface area contributed by atoms with E-state index in [2.05, 4.69) is 96.4 Å². The third-order valence-corrected chi connectivity index (χ3v) is 10.7. The first-order valence-corrected chi connectivity index (χ1v) is 18.6. The molecule has 0 saturated carbocycles. The molecule has 0 spiro atoms. The third-order valence-electron chi connectivity index (χ3n) is 6.11. The normalized spacial score (nSPS) is 14.4. The number of anilines is 2. The number of halogens is 2. The second kappa shape index (κ2) is 28.8. The van der Waals surface area contributed by atoms with E-state index in [1.807, 2.05) is 24.5 Å². The van der Waals surface area contributed by atoms with Crippen LogP contribution in [0, 0.1) is 13.8 Å². The molecule has 1 fully saturated rings. The molecular weight excluding hydrogens is 1080 g/mol. The Labute approximate surface area is 345 Å². The van der Waals surface area contributed by atoms with Gasteiger partial charge in [-0.15, -0.1) is 0 Å². The molecule has 50 heavy (non-hydrogen) atoms. The standard InChI is InChI=1S/C28H30N4P2.3C3H6O.2Au.2ClH/c1-23-9-13-25(14-10-23)31-19-33(27-7-3-5-17-29-27)21-32(26-15-11-24(2)12-16-26)22-34(20-31)28-8-4-6-18-30-28;3*1-3(2)4;;;;/h3-18H,19-22H2,1-2H3;3*1-2H3;;;2*1H/q;;;;2*+1;;/p-2. The average molecular weight is 1120 g/mol. The number of pyridine rings is 2. The first-order chi connectivity index (χ1) is 21.8. The van der Waals surface area contributed by atoms with Gasteiger partial charge in [-0.05, 0) is 120 Å². The molecule has 13 heteroatoms. The predicted octanol–water partition coefficient (Wildman–Crippen LogP) is 1.65. The van der Waals surface area contributed by atoms with E-state index in [0.29, 0.717) is 0 Å². The van der Waals surface area contributed by atoms with E-state index >= 15 is 0 Å². The van der Waals surface area contributed by atoms with Gasteiger partial charge < -0.3 is 49.0 Å². The van der Waals surface area contributed by atoms with Crippen molar-refractivity contribution < 1.29 is 84.0 Å². The van der Waals surface area contributed by atoms with Crippen molar-refractivity contribution in [1.29, 1.82) is 0 Å². The van der Waals surface area contributed by atoms with Gasteiger partial charge in [0.25, 0.3) is 0 Å². The van der Waals surface area contributed by atoms with Crippen LogP contribution in [0.5, 0.6) is 0 Å². The molecule has 1 aliphatic rings. The first-order valence-electron chi connectivity index (χ1n) is 15.2. The molecule has 5 rings (SSSR count). The number of carbonyl (C=O) groups is 3. The Balaban J connectivity index is -0.00000121. The van der Waals surface area contributed by atoms with Gasteiger partial charge in [-0.25, -0.2) is 0 Å². The smallest absolute Gasteiger partial charge is 1.00 e. The SMILES string of the molecule is CC(C)=O.CC(C)=O.CC(C)=O.Cc1ccc(N2CP(c3ccccn3)CN(c3ccc(C)cc3)CP(c3ccccn3)C2)cc1.[Au+].[Au+].[Cl-].[Cl-]. The van der Waals surface area contributed by atoms with E-state index in [0.717, 1.165) is 25.1 Å². The van der Waals surface area contributed by atoms with Gasteiger partial charge in [0, 0.05) is 48.9 Å². The fraction of sp³-hybridized carbons (Fsp3) is 0.324. The number of rotatable bonds is 4. The number of hydrogen-bond donors (Lipinski definition) is 0. The van der Waals surface area contributed by atoms with Crippen molar-refractivity contribution in [2.24, 2.45) is 0 Å². The zero-order valence-corrected chi connectivity index (χ0v) is 37.5. The number of hydrogen-bond acceptors (Lipinski definition) is 7. The number of aryl methyl sites for hydroxylation is 2. The molecule has 1 aliphatic heterocycles. The number of Topliss-reactive ketones (excluding diaryl/α,β-unsaturated/α-hetero) is 3. The topological polar surface area (TPSA) is 83.5 Å². The summed E-state index contributed by atoms with van der Waals surface area (Å²) in [5.74, 6) is 0.500. The van der Waals surface area contributed by atoms with Crippen LogP contribution in [0.25, 0.3) is 0 Å². The number of benzene rings is 2. The van der Waals surface area contributed by atoms with Crippen molar-refractivity contribution in [3.8, 4) is 0 Å². The third kappa shape index (κ3) is 21.6. The van der Waals surface area contributed by atoms with Gasteiger partial charge in [0.1, 0.15) is 17.3 Å². The second-order valence-corrected chi connectivity index (χ2v) is 15.7. The molecule has 2 aromatic carbocycles. The summed E-state index contributed by atoms with van der Waals surface area (Å²) in [6, 6.07) is 30.6. The maximum atomic E-state index is 9.44. The summed E-state index contributed by atoms with van der Waals surface area (Å²) in [7, 11) is -1.02. The molecule has 7 nitrogen and oxygen atoms in total. The minimum Gasteiger partial charge on any atom is -1.00 e. The van der Waals surface area contributed by atoms with Gasteiger partial charge in [0.2, 0.25) is 0 Å². The minimum atomic E-state index is -0.509. The van der Waals surface area contributed by atoms with Crippen molar-refractivity contribution in [1.82, 2.24) is 9.97 Å². The van der Waals surface area contributed by atoms with Crippen LogP contribution in [0.1, 0.15) is 52.7 Å². The van der Waals surface area contributed by atoms with E-state index in [-0.39, 0.29) is 86.9 Å². The molecule has 0 aliphatic carbocycles. The molecule has 2 aromatic heterocycles. The Kier molecular flexibility index (Phi) is 30.3. The van der Waals surface area contributed by atoms with Crippen molar-refractivity contribution >= 4 is 55.4 Å². The van der Waals surface area contributed by atoms with E-state index in [4.69, 9.17) is 9.97 Å². The maximum absolute atomic E-state index is 9.44. The molecule has 0 amide bonds. The van der Waals surface area contributed by atoms with Crippen LogP contribution in [0.15, 0.2) is 97.3 Å². The van der Waals surface area contributed by atoms with E-state index in [1.54, 1.807) is 0 Å². The van der Waals surface area contributed by atoms with Gasteiger partial charge in [-0.2, -0.15) is 0 Å². The zero-order valence-electron chi connectivity index (χ0n) is 29.8. The molecule has 0 bridgehead atoms. The van der Waals surface area contributed by atoms with Crippen molar-refractivity contribution in [3.05, 3.63) is 108 Å². The molecule has 1 saturated heterocycles. The molecule has 0 atom stereocenters. The fourth-order valence-corrected chi connectivity index (χ4v) is 9.04. The van der Waals surface area contributed by atoms with Gasteiger partial charge in [-0.3, -0.25) is 9.97 Å². The Morgan fingerprint density at radius 2 is 0.760 bits per heavy atom. The van der Waals surface area contributed by atoms with Gasteiger partial charge in [0.05, 0.1) is 10.9 Å². The molecule has 280 valence electrons. The van der Waals surface area contributed by atoms with E-state index in [1.165, 1.54) is 74.9 Å². The summed E-state index contributed by atoms with van der Waals surface area (Å²) in [5.41, 5.74) is 7.61.